The highest BCUT2D eigenvalue weighted by atomic mass is 32.1. The van der Waals surface area contributed by atoms with Gasteiger partial charge in [-0.1, -0.05) is 73.9 Å². The van der Waals surface area contributed by atoms with Gasteiger partial charge in [0.2, 0.25) is 0 Å². The number of nitrogens with one attached hydrogen (secondary N) is 3. The van der Waals surface area contributed by atoms with Gasteiger partial charge in [0.1, 0.15) is 22.9 Å². The van der Waals surface area contributed by atoms with E-state index in [0.29, 0.717) is 34.8 Å². The number of imidazole rings is 1. The minimum Gasteiger partial charge on any atom is -0.388 e. The van der Waals surface area contributed by atoms with E-state index < -0.39 is 5.83 Å². The zero-order chi connectivity index (χ0) is 31.2. The fourth-order valence-corrected chi connectivity index (χ4v) is 5.30. The van der Waals surface area contributed by atoms with Gasteiger partial charge in [-0.15, -0.1) is 24.2 Å². The zero-order valence-corrected chi connectivity index (χ0v) is 25.8. The maximum absolute atomic E-state index is 16.3. The van der Waals surface area contributed by atoms with Gasteiger partial charge < -0.3 is 15.6 Å². The molecule has 4 aromatic rings. The lowest BCUT2D eigenvalue weighted by Gasteiger charge is -2.15. The van der Waals surface area contributed by atoms with Crippen molar-refractivity contribution in [2.75, 3.05) is 13.6 Å². The molecule has 43 heavy (non-hydrogen) atoms. The zero-order valence-electron chi connectivity index (χ0n) is 25.0. The first kappa shape index (κ1) is 32.7. The van der Waals surface area contributed by atoms with E-state index in [-0.39, 0.29) is 6.42 Å². The number of nitrogens with zero attached hydrogens (tertiary/aromatic N) is 2. The van der Waals surface area contributed by atoms with Crippen LogP contribution in [0.4, 0.5) is 4.39 Å². The maximum Gasteiger partial charge on any atom is 0.136 e. The van der Waals surface area contributed by atoms with Crippen LogP contribution in [0.1, 0.15) is 25.2 Å². The predicted octanol–water partition coefficient (Wildman–Crippen LogP) is 8.23. The maximum atomic E-state index is 16.3. The Balaban J connectivity index is 0.00000248. The van der Waals surface area contributed by atoms with Crippen LogP contribution >= 0.6 is 11.3 Å². The third-order valence-corrected chi connectivity index (χ3v) is 7.60. The molecule has 0 unspecified atom stereocenters. The molecule has 0 atom stereocenters. The van der Waals surface area contributed by atoms with Gasteiger partial charge in [0.15, 0.2) is 0 Å². The molecule has 7 heteroatoms. The highest BCUT2D eigenvalue weighted by molar-refractivity contribution is 7.13. The summed E-state index contributed by atoms with van der Waals surface area (Å²) < 4.78 is 16.3. The molecule has 0 aliphatic rings. The molecule has 0 saturated heterocycles. The Morgan fingerprint density at radius 3 is 2.49 bits per heavy atom. The predicted molar refractivity (Wildman–Crippen MR) is 181 cm³/mol. The average Bonchev–Trinajstić information content (AvgIpc) is 3.74. The number of rotatable bonds is 13. The van der Waals surface area contributed by atoms with Gasteiger partial charge in [0, 0.05) is 49.6 Å². The molecule has 3 N–H and O–H groups in total. The van der Waals surface area contributed by atoms with E-state index in [1.807, 2.05) is 73.9 Å². The van der Waals surface area contributed by atoms with E-state index in [2.05, 4.69) is 58.7 Å². The summed E-state index contributed by atoms with van der Waals surface area (Å²) in [6, 6.07) is 16.1. The molecule has 0 bridgehead atoms. The number of hydrogen-bond acceptors (Lipinski definition) is 5. The van der Waals surface area contributed by atoms with Crippen molar-refractivity contribution >= 4 is 22.4 Å². The Morgan fingerprint density at radius 2 is 1.86 bits per heavy atom. The van der Waals surface area contributed by atoms with Crippen molar-refractivity contribution in [2.24, 2.45) is 0 Å². The van der Waals surface area contributed by atoms with Gasteiger partial charge in [-0.05, 0) is 48.1 Å². The number of pyridine rings is 1. The summed E-state index contributed by atoms with van der Waals surface area (Å²) in [5, 5.41) is 8.58. The normalized spacial score (nSPS) is 12.7. The molecular weight excluding hydrogens is 553 g/mol. The Bertz CT molecular complexity index is 1670. The van der Waals surface area contributed by atoms with Crippen LogP contribution in [0.3, 0.4) is 0 Å². The van der Waals surface area contributed by atoms with E-state index in [0.717, 1.165) is 33.7 Å². The first-order valence-electron chi connectivity index (χ1n) is 13.9. The lowest BCUT2D eigenvalue weighted by Crippen LogP contribution is -2.16. The monoisotopic (exact) mass is 591 g/mol. The number of halogens is 1. The molecule has 3 aromatic heterocycles. The van der Waals surface area contributed by atoms with Gasteiger partial charge in [-0.2, -0.15) is 0 Å². The summed E-state index contributed by atoms with van der Waals surface area (Å²) in [6.45, 7) is 13.2. The SMILES string of the molecule is C#C.C=C/C(=C\C(=C/C)C(=C)/C(F)=C(Cc1nc2c(-c3cccs3)nccc2[nH]1)\C(=C/C)NC)CNCc1ccccc1. The first-order valence-corrected chi connectivity index (χ1v) is 14.7. The third-order valence-electron chi connectivity index (χ3n) is 6.73. The molecule has 0 aliphatic heterocycles. The number of H-pyrrole nitrogens is 1. The van der Waals surface area contributed by atoms with Crippen molar-refractivity contribution in [3.05, 3.63) is 143 Å². The van der Waals surface area contributed by atoms with Crippen molar-refractivity contribution in [1.82, 2.24) is 25.6 Å². The van der Waals surface area contributed by atoms with Gasteiger partial charge in [0.25, 0.3) is 0 Å². The summed E-state index contributed by atoms with van der Waals surface area (Å²) in [7, 11) is 1.79. The van der Waals surface area contributed by atoms with Gasteiger partial charge >= 0.3 is 0 Å². The quantitative estimate of drug-likeness (QED) is 0.108. The van der Waals surface area contributed by atoms with Gasteiger partial charge in [-0.25, -0.2) is 9.37 Å². The van der Waals surface area contributed by atoms with Crippen LogP contribution in [0.25, 0.3) is 21.6 Å². The molecule has 0 spiro atoms. The van der Waals surface area contributed by atoms with E-state index in [1.165, 1.54) is 5.56 Å². The second kappa shape index (κ2) is 16.6. The largest absolute Gasteiger partial charge is 0.388 e. The fraction of sp³-hybridized carbons (Fsp3) is 0.167. The van der Waals surface area contributed by atoms with E-state index in [1.54, 1.807) is 30.7 Å². The third kappa shape index (κ3) is 8.39. The second-order valence-corrected chi connectivity index (χ2v) is 10.3. The topological polar surface area (TPSA) is 65.6 Å². The van der Waals surface area contributed by atoms with E-state index in [9.17, 15) is 0 Å². The van der Waals surface area contributed by atoms with Crippen LogP contribution in [0.5, 0.6) is 0 Å². The Kier molecular flexibility index (Phi) is 12.7. The molecular formula is C36H38FN5S. The number of allylic oxidation sites excluding steroid dienone is 7. The Labute approximate surface area is 258 Å². The molecule has 4 rings (SSSR count). The average molecular weight is 592 g/mol. The number of fused-ring (bicyclic) bond motifs is 1. The van der Waals surface area contributed by atoms with Crippen LogP contribution in [0, 0.1) is 12.8 Å². The fourth-order valence-electron chi connectivity index (χ4n) is 4.57. The molecule has 0 radical (unpaired) electrons. The van der Waals surface area contributed by atoms with Crippen molar-refractivity contribution in [3.8, 4) is 23.4 Å². The number of aromatic nitrogens is 3. The van der Waals surface area contributed by atoms with Gasteiger partial charge in [0.05, 0.1) is 10.4 Å². The Hall–Kier alpha value is -4.77. The lowest BCUT2D eigenvalue weighted by atomic mass is 9.97. The minimum absolute atomic E-state index is 0.248. The number of thiophene rings is 1. The van der Waals surface area contributed by atoms with Crippen LogP contribution in [-0.4, -0.2) is 28.5 Å². The highest BCUT2D eigenvalue weighted by Crippen LogP contribution is 2.31. The standard InChI is InChI=1S/C34H36FN5S.C2H2/c1-6-24(21-37-22-25-13-10-9-11-14-25)19-26(7-2)23(4)32(35)27(28(8-3)36-5)20-31-39-29-16-17-38-34(33(29)40-31)30-15-12-18-41-30;1-2/h6-19,36-37H,1,4,20-22H2,2-3,5H3,(H,39,40);1-2H/b24-19+,26-7+,28-8+,32-27+;. The summed E-state index contributed by atoms with van der Waals surface area (Å²) in [6.07, 6.45) is 17.5. The number of likely N-dealkylation sites (N-methyl/N-ethyl adjacent to an activating group) is 1. The number of hydrogen-bond donors (Lipinski definition) is 3. The van der Waals surface area contributed by atoms with E-state index >= 15 is 4.39 Å². The lowest BCUT2D eigenvalue weighted by molar-refractivity contribution is 0.635. The number of benzene rings is 1. The molecule has 3 heterocycles. The number of terminal acetylenes is 1. The summed E-state index contributed by atoms with van der Waals surface area (Å²) in [5.41, 5.74) is 6.72. The van der Waals surface area contributed by atoms with Crippen LogP contribution in [0.15, 0.2) is 131 Å². The summed E-state index contributed by atoms with van der Waals surface area (Å²) in [4.78, 5) is 13.8. The summed E-state index contributed by atoms with van der Waals surface area (Å²) >= 11 is 1.61. The molecule has 5 nitrogen and oxygen atoms in total. The van der Waals surface area contributed by atoms with Crippen molar-refractivity contribution in [2.45, 2.75) is 26.8 Å². The molecule has 220 valence electrons. The molecule has 0 aliphatic carbocycles. The molecule has 0 fully saturated rings. The van der Waals surface area contributed by atoms with Crippen LogP contribution < -0.4 is 10.6 Å². The smallest absolute Gasteiger partial charge is 0.136 e. The highest BCUT2D eigenvalue weighted by Gasteiger charge is 2.19. The molecule has 0 saturated carbocycles. The molecule has 1 aromatic carbocycles. The van der Waals surface area contributed by atoms with Gasteiger partial charge in [-0.3, -0.25) is 4.98 Å². The second-order valence-electron chi connectivity index (χ2n) is 9.37. The van der Waals surface area contributed by atoms with Crippen LogP contribution in [-0.2, 0) is 13.0 Å². The molecule has 0 amide bonds. The minimum atomic E-state index is -0.394. The number of aromatic amines is 1. The van der Waals surface area contributed by atoms with Crippen LogP contribution in [0.2, 0.25) is 0 Å². The van der Waals surface area contributed by atoms with E-state index in [4.69, 9.17) is 4.98 Å². The van der Waals surface area contributed by atoms with Crippen molar-refractivity contribution < 1.29 is 4.39 Å². The summed E-state index contributed by atoms with van der Waals surface area (Å²) in [5.74, 6) is 0.252. The first-order chi connectivity index (χ1) is 21.0. The van der Waals surface area contributed by atoms with Crippen molar-refractivity contribution in [3.63, 3.8) is 0 Å². The van der Waals surface area contributed by atoms with Crippen molar-refractivity contribution in [1.29, 1.82) is 0 Å². The Morgan fingerprint density at radius 1 is 1.09 bits per heavy atom.